The van der Waals surface area contributed by atoms with Gasteiger partial charge in [0.25, 0.3) is 0 Å². The Bertz CT molecular complexity index is 3070. The van der Waals surface area contributed by atoms with E-state index in [1.54, 1.807) is 0 Å². The molecular weight excluding hydrogens is 1430 g/mol. The predicted molar refractivity (Wildman–Crippen MR) is 365 cm³/mol. The van der Waals surface area contributed by atoms with E-state index in [1.165, 1.54) is 115 Å². The Morgan fingerprint density at radius 2 is 0.372 bits per heavy atom. The Balaban J connectivity index is 0.000000320. The summed E-state index contributed by atoms with van der Waals surface area (Å²) in [5.41, 5.74) is 21.4. The minimum atomic E-state index is 0. The van der Waals surface area contributed by atoms with Crippen LogP contribution in [0, 0.1) is 55.4 Å². The van der Waals surface area contributed by atoms with Crippen LogP contribution in [0.5, 0.6) is 0 Å². The van der Waals surface area contributed by atoms with E-state index in [4.69, 9.17) is 0 Å². The average Bonchev–Trinajstić information content (AvgIpc) is 2.42. The van der Waals surface area contributed by atoms with E-state index in [0.29, 0.717) is 0 Å². The zero-order chi connectivity index (χ0) is 61.5. The molecule has 0 unspecified atom stereocenters. The third-order valence-electron chi connectivity index (χ3n) is 16.5. The smallest absolute Gasteiger partial charge is 1.00 e. The van der Waals surface area contributed by atoms with Crippen molar-refractivity contribution in [2.24, 2.45) is 0 Å². The number of rotatable bonds is 16. The van der Waals surface area contributed by atoms with Crippen molar-refractivity contribution in [3.63, 3.8) is 0 Å². The molecule has 0 fully saturated rings. The van der Waals surface area contributed by atoms with Crippen LogP contribution in [-0.2, 0) is 93.2 Å². The third-order valence-corrected chi connectivity index (χ3v) is 16.5. The van der Waals surface area contributed by atoms with E-state index in [9.17, 15) is 0 Å². The van der Waals surface area contributed by atoms with E-state index in [1.807, 2.05) is 0 Å². The molecule has 4 aliphatic heterocycles. The predicted octanol–water partition coefficient (Wildman–Crippen LogP) is 2.52. The molecule has 14 heteroatoms. The number of halogens is 4. The van der Waals surface area contributed by atoms with Crippen molar-refractivity contribution in [3.8, 4) is 0 Å². The Kier molecular flexibility index (Phi) is 38.0. The van der Waals surface area contributed by atoms with Gasteiger partial charge in [-0.3, -0.25) is 0 Å². The van der Waals surface area contributed by atoms with Crippen molar-refractivity contribution in [1.29, 1.82) is 0 Å². The van der Waals surface area contributed by atoms with Gasteiger partial charge in [-0.25, -0.2) is 0 Å². The topological polar surface area (TPSA) is 25.0 Å². The number of nitrogens with zero attached hydrogens (tertiary/aromatic N) is 8. The third kappa shape index (κ3) is 29.2. The molecule has 0 bridgehead atoms. The summed E-state index contributed by atoms with van der Waals surface area (Å²) in [5.74, 6) is 0. The maximum Gasteiger partial charge on any atom is 2.00 e. The summed E-state index contributed by atoms with van der Waals surface area (Å²) in [6.45, 7) is 33.4. The van der Waals surface area contributed by atoms with Gasteiger partial charge >= 0.3 is 40.8 Å². The molecule has 0 N–H and O–H groups in total. The van der Waals surface area contributed by atoms with Crippen LogP contribution in [0.1, 0.15) is 115 Å². The van der Waals surface area contributed by atoms with Crippen molar-refractivity contribution >= 4 is 25.4 Å². The molecule has 4 aliphatic rings. The maximum atomic E-state index is 3.55. The molecule has 94 heavy (non-hydrogen) atoms. The van der Waals surface area contributed by atoms with Crippen molar-refractivity contribution in [2.75, 3.05) is 52.4 Å². The second-order valence-corrected chi connectivity index (χ2v) is 25.1. The molecule has 0 radical (unpaired) electrons. The van der Waals surface area contributed by atoms with E-state index < -0.39 is 0 Å². The monoisotopic (exact) mass is 1520 g/mol. The maximum absolute atomic E-state index is 3.55. The minimum Gasteiger partial charge on any atom is -1.00 e. The summed E-state index contributed by atoms with van der Waals surface area (Å²) in [6, 6.07) is 70.4. The van der Waals surface area contributed by atoms with E-state index >= 15 is 0 Å². The summed E-state index contributed by atoms with van der Waals surface area (Å²) < 4.78 is 9.23. The molecule has 8 aromatic carbocycles. The average molecular weight is 1520 g/mol. The first-order valence-corrected chi connectivity index (χ1v) is 32.2. The van der Waals surface area contributed by atoms with Crippen molar-refractivity contribution in [3.05, 3.63) is 283 Å². The number of hydrogen-bond donors (Lipinski definition) is 0. The Morgan fingerprint density at radius 3 is 0.521 bits per heavy atom. The second-order valence-electron chi connectivity index (χ2n) is 25.1. The van der Waals surface area contributed by atoms with Crippen LogP contribution in [0.3, 0.4) is 0 Å². The van der Waals surface area contributed by atoms with Crippen molar-refractivity contribution in [1.82, 2.24) is 19.6 Å². The van der Waals surface area contributed by atoms with Crippen LogP contribution < -0.4 is 49.6 Å². The van der Waals surface area contributed by atoms with Gasteiger partial charge in [0.15, 0.2) is 0 Å². The summed E-state index contributed by atoms with van der Waals surface area (Å²) in [4.78, 5) is 9.23. The van der Waals surface area contributed by atoms with Gasteiger partial charge in [0.05, 0.1) is 105 Å². The van der Waals surface area contributed by atoms with Crippen molar-refractivity contribution < 1.29 is 109 Å². The van der Waals surface area contributed by atoms with E-state index in [2.05, 4.69) is 313 Å². The minimum absolute atomic E-state index is 0. The number of benzene rings is 8. The zero-order valence-electron chi connectivity index (χ0n) is 56.3. The molecule has 0 amide bonds. The number of aryl methyl sites for hydroxylation is 8. The Hall–Kier alpha value is -5.88. The first-order chi connectivity index (χ1) is 42.7. The van der Waals surface area contributed by atoms with Gasteiger partial charge in [0.2, 0.25) is 0 Å². The molecule has 0 atom stereocenters. The van der Waals surface area contributed by atoms with Gasteiger partial charge in [-0.1, -0.05) is 239 Å². The molecule has 12 rings (SSSR count). The van der Waals surface area contributed by atoms with Crippen LogP contribution in [0.4, 0.5) is 0 Å². The second kappa shape index (κ2) is 43.3. The SMILES string of the molecule is Cc1ccc(CN2[C-]=[N+](Cc3ccc(C)cc3)CCC2)cc1.Cc1ccc(CN2[C-]=[N+](Cc3ccc(C)cc3)CCC2)cc1.Cc1ccc(CN2[C-]=[N+](Cc3ccc(C)cc3)CCC2)cc1.Cc1ccc(CN2[C-]=[N+](Cc3ccc(C)cc3)CCC2)cc1.[Cl-].[Cl-].[Cl-].[Cl-].[Pd+2].[Pd+2]. The molecule has 8 nitrogen and oxygen atoms in total. The van der Waals surface area contributed by atoms with Gasteiger partial charge in [0.1, 0.15) is 0 Å². The van der Waals surface area contributed by atoms with E-state index in [0.717, 1.165) is 105 Å². The summed E-state index contributed by atoms with van der Waals surface area (Å²) in [6.07, 6.45) is 19.0. The molecule has 0 spiro atoms. The fourth-order valence-corrected chi connectivity index (χ4v) is 11.2. The molecule has 4 heterocycles. The summed E-state index contributed by atoms with van der Waals surface area (Å²) in [7, 11) is 0. The van der Waals surface area contributed by atoms with Gasteiger partial charge in [0, 0.05) is 25.7 Å². The Morgan fingerprint density at radius 1 is 0.234 bits per heavy atom. The van der Waals surface area contributed by atoms with Crippen LogP contribution in [0.25, 0.3) is 0 Å². The van der Waals surface area contributed by atoms with Gasteiger partial charge < -0.3 is 87.5 Å². The van der Waals surface area contributed by atoms with E-state index in [-0.39, 0.29) is 90.5 Å². The molecule has 0 aromatic heterocycles. The quantitative estimate of drug-likeness (QED) is 0.0846. The molecule has 504 valence electrons. The summed E-state index contributed by atoms with van der Waals surface area (Å²) in [5, 5.41) is 0. The first-order valence-electron chi connectivity index (χ1n) is 32.2. The molecule has 8 aromatic rings. The van der Waals surface area contributed by atoms with Gasteiger partial charge in [-0.2, -0.15) is 0 Å². The molecule has 0 saturated carbocycles. The van der Waals surface area contributed by atoms with Crippen LogP contribution >= 0.6 is 0 Å². The fourth-order valence-electron chi connectivity index (χ4n) is 11.2. The van der Waals surface area contributed by atoms with Crippen LogP contribution in [-0.4, -0.2) is 116 Å². The van der Waals surface area contributed by atoms with Crippen molar-refractivity contribution in [2.45, 2.75) is 133 Å². The van der Waals surface area contributed by atoms with Gasteiger partial charge in [-0.05, 0) is 99.9 Å². The zero-order valence-corrected chi connectivity index (χ0v) is 62.5. The first kappa shape index (κ1) is 82.4. The standard InChI is InChI=1S/4C20H24N2.4ClH.2Pd/c4*1-17-4-8-19(9-5-17)14-21-12-3-13-22(16-21)15-20-10-6-18(2)7-11-20;;;;;;/h4*4-11H,3,12-15H2,1-2H3;4*1H;;/q;;;;;;;;2*+2/p-4. The van der Waals surface area contributed by atoms with Crippen LogP contribution in [0.2, 0.25) is 0 Å². The number of hydrogen-bond acceptors (Lipinski definition) is 4. The molecular formula is C80H96Cl4N8Pd2. The Labute approximate surface area is 617 Å². The molecule has 0 saturated heterocycles. The fraction of sp³-hybridized carbons (Fsp3) is 0.350. The normalized spacial score (nSPS) is 13.9. The van der Waals surface area contributed by atoms with Gasteiger partial charge in [-0.15, -0.1) is 25.4 Å². The summed E-state index contributed by atoms with van der Waals surface area (Å²) >= 11 is 0. The largest absolute Gasteiger partial charge is 2.00 e. The molecule has 0 aliphatic carbocycles. The van der Waals surface area contributed by atoms with Crippen LogP contribution in [0.15, 0.2) is 194 Å².